The van der Waals surface area contributed by atoms with Crippen molar-refractivity contribution in [1.82, 2.24) is 5.32 Å². The van der Waals surface area contributed by atoms with Crippen molar-refractivity contribution in [3.63, 3.8) is 0 Å². The van der Waals surface area contributed by atoms with Crippen molar-refractivity contribution in [2.24, 2.45) is 0 Å². The SMILES string of the molecule is O=C(NCc1ccc(Br)cc1)Nc1cccc(C(=O)O)c1. The second-order valence-electron chi connectivity index (χ2n) is 4.32. The van der Waals surface area contributed by atoms with Gasteiger partial charge >= 0.3 is 12.0 Å². The lowest BCUT2D eigenvalue weighted by molar-refractivity contribution is 0.0697. The third kappa shape index (κ3) is 4.61. The number of anilines is 1. The van der Waals surface area contributed by atoms with Crippen LogP contribution in [0, 0.1) is 0 Å². The largest absolute Gasteiger partial charge is 0.478 e. The molecule has 0 unspecified atom stereocenters. The van der Waals surface area contributed by atoms with E-state index in [4.69, 9.17) is 5.11 Å². The van der Waals surface area contributed by atoms with Gasteiger partial charge in [-0.1, -0.05) is 34.1 Å². The lowest BCUT2D eigenvalue weighted by atomic mass is 10.2. The molecule has 0 aromatic heterocycles. The maximum absolute atomic E-state index is 11.8. The van der Waals surface area contributed by atoms with Gasteiger partial charge in [0.15, 0.2) is 0 Å². The molecule has 0 bridgehead atoms. The Morgan fingerprint density at radius 3 is 2.48 bits per heavy atom. The highest BCUT2D eigenvalue weighted by atomic mass is 79.9. The van der Waals surface area contributed by atoms with Crippen LogP contribution in [0.25, 0.3) is 0 Å². The first-order valence-corrected chi connectivity index (χ1v) is 6.96. The number of amides is 2. The molecular weight excluding hydrogens is 336 g/mol. The van der Waals surface area contributed by atoms with Crippen molar-refractivity contribution in [3.05, 3.63) is 64.1 Å². The first-order valence-electron chi connectivity index (χ1n) is 6.17. The molecule has 108 valence electrons. The molecule has 0 radical (unpaired) electrons. The molecule has 2 aromatic carbocycles. The third-order valence-electron chi connectivity index (χ3n) is 2.73. The Morgan fingerprint density at radius 2 is 1.81 bits per heavy atom. The number of hydrogen-bond acceptors (Lipinski definition) is 2. The predicted molar refractivity (Wildman–Crippen MR) is 83.4 cm³/mol. The summed E-state index contributed by atoms with van der Waals surface area (Å²) in [6, 6.07) is 13.3. The Morgan fingerprint density at radius 1 is 1.10 bits per heavy atom. The van der Waals surface area contributed by atoms with Gasteiger partial charge in [0.1, 0.15) is 0 Å². The Hall–Kier alpha value is -2.34. The number of halogens is 1. The fourth-order valence-electron chi connectivity index (χ4n) is 1.69. The second kappa shape index (κ2) is 6.90. The summed E-state index contributed by atoms with van der Waals surface area (Å²) in [6.45, 7) is 0.387. The number of carbonyl (C=O) groups excluding carboxylic acids is 1. The Labute approximate surface area is 130 Å². The van der Waals surface area contributed by atoms with Gasteiger partial charge < -0.3 is 15.7 Å². The minimum atomic E-state index is -1.03. The zero-order valence-corrected chi connectivity index (χ0v) is 12.6. The molecule has 0 saturated carbocycles. The summed E-state index contributed by atoms with van der Waals surface area (Å²) in [7, 11) is 0. The molecule has 0 heterocycles. The van der Waals surface area contributed by atoms with E-state index >= 15 is 0 Å². The maximum atomic E-state index is 11.8. The van der Waals surface area contributed by atoms with Gasteiger partial charge in [-0.15, -0.1) is 0 Å². The first-order chi connectivity index (χ1) is 10.0. The Balaban J connectivity index is 1.91. The number of hydrogen-bond donors (Lipinski definition) is 3. The van der Waals surface area contributed by atoms with Crippen LogP contribution in [0.2, 0.25) is 0 Å². The summed E-state index contributed by atoms with van der Waals surface area (Å²) < 4.78 is 0.973. The topological polar surface area (TPSA) is 78.4 Å². The lowest BCUT2D eigenvalue weighted by Gasteiger charge is -2.08. The third-order valence-corrected chi connectivity index (χ3v) is 3.26. The van der Waals surface area contributed by atoms with Gasteiger partial charge in [-0.05, 0) is 35.9 Å². The van der Waals surface area contributed by atoms with Crippen molar-refractivity contribution >= 4 is 33.6 Å². The number of benzene rings is 2. The molecule has 5 nitrogen and oxygen atoms in total. The van der Waals surface area contributed by atoms with Crippen LogP contribution in [0.15, 0.2) is 53.0 Å². The quantitative estimate of drug-likeness (QED) is 0.791. The number of carboxylic acids is 1. The smallest absolute Gasteiger partial charge is 0.335 e. The monoisotopic (exact) mass is 348 g/mol. The van der Waals surface area contributed by atoms with Gasteiger partial charge in [0, 0.05) is 16.7 Å². The number of nitrogens with one attached hydrogen (secondary N) is 2. The minimum Gasteiger partial charge on any atom is -0.478 e. The molecule has 2 rings (SSSR count). The molecule has 3 N–H and O–H groups in total. The van der Waals surface area contributed by atoms with Crippen LogP contribution < -0.4 is 10.6 Å². The van der Waals surface area contributed by atoms with Gasteiger partial charge in [-0.2, -0.15) is 0 Å². The molecule has 6 heteroatoms. The summed E-state index contributed by atoms with van der Waals surface area (Å²) in [5.41, 5.74) is 1.52. The van der Waals surface area contributed by atoms with Crippen LogP contribution in [0.1, 0.15) is 15.9 Å². The van der Waals surface area contributed by atoms with E-state index in [0.29, 0.717) is 12.2 Å². The molecule has 0 aliphatic heterocycles. The van der Waals surface area contributed by atoms with E-state index in [0.717, 1.165) is 10.0 Å². The van der Waals surface area contributed by atoms with Crippen molar-refractivity contribution in [2.45, 2.75) is 6.54 Å². The standard InChI is InChI=1S/C15H13BrN2O3/c16-12-6-4-10(5-7-12)9-17-15(21)18-13-3-1-2-11(8-13)14(19)20/h1-8H,9H2,(H,19,20)(H2,17,18,21). The molecule has 2 amide bonds. The molecule has 21 heavy (non-hydrogen) atoms. The molecule has 0 saturated heterocycles. The number of carboxylic acid groups (broad SMARTS) is 1. The van der Waals surface area contributed by atoms with Crippen LogP contribution in [-0.4, -0.2) is 17.1 Å². The first kappa shape index (κ1) is 15.1. The van der Waals surface area contributed by atoms with Gasteiger partial charge in [-0.25, -0.2) is 9.59 Å². The van der Waals surface area contributed by atoms with Crippen molar-refractivity contribution in [3.8, 4) is 0 Å². The van der Waals surface area contributed by atoms with Crippen molar-refractivity contribution < 1.29 is 14.7 Å². The summed E-state index contributed by atoms with van der Waals surface area (Å²) in [5.74, 6) is -1.03. The molecule has 0 aliphatic rings. The van der Waals surface area contributed by atoms with Crippen LogP contribution in [0.4, 0.5) is 10.5 Å². The Kier molecular flexibility index (Phi) is 4.94. The highest BCUT2D eigenvalue weighted by molar-refractivity contribution is 9.10. The average molecular weight is 349 g/mol. The average Bonchev–Trinajstić information content (AvgIpc) is 2.47. The predicted octanol–water partition coefficient (Wildman–Crippen LogP) is 3.47. The molecule has 0 atom stereocenters. The van der Waals surface area contributed by atoms with Gasteiger partial charge in [-0.3, -0.25) is 0 Å². The van der Waals surface area contributed by atoms with Gasteiger partial charge in [0.25, 0.3) is 0 Å². The van der Waals surface area contributed by atoms with E-state index in [-0.39, 0.29) is 11.6 Å². The van der Waals surface area contributed by atoms with Gasteiger partial charge in [0.05, 0.1) is 5.56 Å². The normalized spacial score (nSPS) is 9.95. The van der Waals surface area contributed by atoms with Crippen LogP contribution in [-0.2, 0) is 6.54 Å². The summed E-state index contributed by atoms with van der Waals surface area (Å²) >= 11 is 3.34. The van der Waals surface area contributed by atoms with E-state index in [1.165, 1.54) is 12.1 Å². The zero-order valence-electron chi connectivity index (χ0n) is 11.0. The van der Waals surface area contributed by atoms with E-state index < -0.39 is 5.97 Å². The molecule has 0 fully saturated rings. The number of urea groups is 1. The van der Waals surface area contributed by atoms with Crippen molar-refractivity contribution in [2.75, 3.05) is 5.32 Å². The molecule has 0 spiro atoms. The summed E-state index contributed by atoms with van der Waals surface area (Å²) in [6.07, 6.45) is 0. The Bertz CT molecular complexity index is 656. The lowest BCUT2D eigenvalue weighted by Crippen LogP contribution is -2.28. The molecular formula is C15H13BrN2O3. The second-order valence-corrected chi connectivity index (χ2v) is 5.24. The minimum absolute atomic E-state index is 0.126. The molecule has 0 aliphatic carbocycles. The zero-order chi connectivity index (χ0) is 15.2. The van der Waals surface area contributed by atoms with E-state index in [9.17, 15) is 9.59 Å². The van der Waals surface area contributed by atoms with Crippen LogP contribution >= 0.6 is 15.9 Å². The van der Waals surface area contributed by atoms with Crippen LogP contribution in [0.5, 0.6) is 0 Å². The number of rotatable bonds is 4. The molecule has 2 aromatic rings. The number of carbonyl (C=O) groups is 2. The number of aromatic carboxylic acids is 1. The van der Waals surface area contributed by atoms with Gasteiger partial charge in [0.2, 0.25) is 0 Å². The van der Waals surface area contributed by atoms with E-state index in [1.54, 1.807) is 12.1 Å². The van der Waals surface area contributed by atoms with E-state index in [1.807, 2.05) is 24.3 Å². The van der Waals surface area contributed by atoms with Crippen molar-refractivity contribution in [1.29, 1.82) is 0 Å². The summed E-state index contributed by atoms with van der Waals surface area (Å²) in [4.78, 5) is 22.6. The van der Waals surface area contributed by atoms with Crippen LogP contribution in [0.3, 0.4) is 0 Å². The van der Waals surface area contributed by atoms with E-state index in [2.05, 4.69) is 26.6 Å². The summed E-state index contributed by atoms with van der Waals surface area (Å²) in [5, 5.41) is 14.2. The maximum Gasteiger partial charge on any atom is 0.335 e. The fraction of sp³-hybridized carbons (Fsp3) is 0.0667. The fourth-order valence-corrected chi connectivity index (χ4v) is 1.95. The highest BCUT2D eigenvalue weighted by Gasteiger charge is 2.06. The highest BCUT2D eigenvalue weighted by Crippen LogP contribution is 2.12.